The van der Waals surface area contributed by atoms with Crippen molar-refractivity contribution in [3.63, 3.8) is 0 Å². The van der Waals surface area contributed by atoms with E-state index in [0.717, 1.165) is 60.9 Å². The van der Waals surface area contributed by atoms with Crippen molar-refractivity contribution in [1.29, 1.82) is 0 Å². The minimum atomic E-state index is -0.925. The van der Waals surface area contributed by atoms with Crippen molar-refractivity contribution >= 4 is 40.1 Å². The van der Waals surface area contributed by atoms with E-state index >= 15 is 0 Å². The standard InChI is InChI=1S/C30H32N4O4S/c35-27-9-4-14-33(27)26-13-10-20(17-31-26)23-7-1-2-8-24(23)25-18-39-30(32-25)34(22-11-12-22)29(38)21(16-28(36)37)15-19-5-3-6-19/h1-2,7-8,10,13,17-19,21-22H,3-6,9,11-12,14-16H2,(H,36,37)/t21-/m1/s1. The molecule has 0 spiro atoms. The number of hydrogen-bond donors (Lipinski definition) is 1. The van der Waals surface area contributed by atoms with Crippen LogP contribution in [0.15, 0.2) is 48.0 Å². The zero-order valence-corrected chi connectivity index (χ0v) is 22.6. The number of thiazole rings is 1. The fraction of sp³-hybridized carbons (Fsp3) is 0.433. The largest absolute Gasteiger partial charge is 0.481 e. The van der Waals surface area contributed by atoms with Crippen LogP contribution in [0.25, 0.3) is 22.4 Å². The van der Waals surface area contributed by atoms with Crippen LogP contribution < -0.4 is 9.80 Å². The number of carbonyl (C=O) groups excluding carboxylic acids is 2. The van der Waals surface area contributed by atoms with E-state index in [1.165, 1.54) is 11.3 Å². The summed E-state index contributed by atoms with van der Waals surface area (Å²) in [4.78, 5) is 50.5. The number of hydrogen-bond acceptors (Lipinski definition) is 6. The Kier molecular flexibility index (Phi) is 7.16. The normalized spacial score (nSPS) is 18.2. The van der Waals surface area contributed by atoms with Gasteiger partial charge in [-0.2, -0.15) is 0 Å². The molecule has 1 saturated heterocycles. The Morgan fingerprint density at radius 1 is 1.08 bits per heavy atom. The first kappa shape index (κ1) is 25.7. The average Bonchev–Trinajstić information content (AvgIpc) is 3.46. The highest BCUT2D eigenvalue weighted by atomic mass is 32.1. The van der Waals surface area contributed by atoms with Gasteiger partial charge in [-0.05, 0) is 49.3 Å². The van der Waals surface area contributed by atoms with Crippen LogP contribution in [0.1, 0.15) is 57.8 Å². The van der Waals surface area contributed by atoms with E-state index in [2.05, 4.69) is 4.98 Å². The first-order chi connectivity index (χ1) is 19.0. The van der Waals surface area contributed by atoms with E-state index in [1.54, 1.807) is 16.0 Å². The highest BCUT2D eigenvalue weighted by Crippen LogP contribution is 2.41. The predicted molar refractivity (Wildman–Crippen MR) is 151 cm³/mol. The van der Waals surface area contributed by atoms with Crippen LogP contribution in [0, 0.1) is 11.8 Å². The third-order valence-corrected chi connectivity index (χ3v) is 8.91. The number of aliphatic carboxylic acids is 1. The third-order valence-electron chi connectivity index (χ3n) is 8.07. The SMILES string of the molecule is O=C(O)C[C@@H](CC1CCC1)C(=O)N(c1nc(-c2ccccc2-c2ccc(N3CCCC3=O)nc2)cs1)C1CC1. The summed E-state index contributed by atoms with van der Waals surface area (Å²) in [5.74, 6) is -0.310. The minimum Gasteiger partial charge on any atom is -0.481 e. The molecule has 0 bridgehead atoms. The molecule has 9 heteroatoms. The van der Waals surface area contributed by atoms with Gasteiger partial charge in [0, 0.05) is 47.6 Å². The van der Waals surface area contributed by atoms with Crippen molar-refractivity contribution in [2.45, 2.75) is 63.8 Å². The van der Waals surface area contributed by atoms with Crippen LogP contribution in [0.5, 0.6) is 0 Å². The fourth-order valence-electron chi connectivity index (χ4n) is 5.63. The van der Waals surface area contributed by atoms with Crippen molar-refractivity contribution in [1.82, 2.24) is 9.97 Å². The zero-order chi connectivity index (χ0) is 26.9. The molecular weight excluding hydrogens is 512 g/mol. The Balaban J connectivity index is 1.26. The van der Waals surface area contributed by atoms with Gasteiger partial charge in [-0.15, -0.1) is 11.3 Å². The molecule has 3 heterocycles. The number of pyridine rings is 1. The maximum Gasteiger partial charge on any atom is 0.304 e. The lowest BCUT2D eigenvalue weighted by Gasteiger charge is -2.31. The van der Waals surface area contributed by atoms with Crippen LogP contribution in [0.4, 0.5) is 10.9 Å². The number of anilines is 2. The monoisotopic (exact) mass is 544 g/mol. The van der Waals surface area contributed by atoms with Gasteiger partial charge in [-0.25, -0.2) is 9.97 Å². The summed E-state index contributed by atoms with van der Waals surface area (Å²) in [5.41, 5.74) is 3.61. The molecule has 39 heavy (non-hydrogen) atoms. The molecule has 3 aliphatic rings. The number of benzene rings is 1. The molecule has 1 atom stereocenters. The van der Waals surface area contributed by atoms with Gasteiger partial charge in [0.15, 0.2) is 5.13 Å². The number of aromatic nitrogens is 2. The van der Waals surface area contributed by atoms with Crippen LogP contribution in [-0.2, 0) is 14.4 Å². The third kappa shape index (κ3) is 5.45. The lowest BCUT2D eigenvalue weighted by atomic mass is 9.78. The molecule has 0 radical (unpaired) electrons. The number of carboxylic acid groups (broad SMARTS) is 1. The Labute approximate surface area is 231 Å². The highest BCUT2D eigenvalue weighted by Gasteiger charge is 2.40. The topological polar surface area (TPSA) is 104 Å². The number of carboxylic acids is 1. The molecule has 3 fully saturated rings. The quantitative estimate of drug-likeness (QED) is 0.347. The van der Waals surface area contributed by atoms with Gasteiger partial charge in [0.2, 0.25) is 11.8 Å². The smallest absolute Gasteiger partial charge is 0.304 e. The van der Waals surface area contributed by atoms with E-state index in [-0.39, 0.29) is 24.3 Å². The highest BCUT2D eigenvalue weighted by molar-refractivity contribution is 7.14. The Hall–Kier alpha value is -3.59. The van der Waals surface area contributed by atoms with Crippen molar-refractivity contribution in [2.75, 3.05) is 16.3 Å². The van der Waals surface area contributed by atoms with Gasteiger partial charge >= 0.3 is 5.97 Å². The van der Waals surface area contributed by atoms with E-state index in [9.17, 15) is 19.5 Å². The first-order valence-corrected chi connectivity index (χ1v) is 14.7. The molecule has 2 aliphatic carbocycles. The number of amides is 2. The summed E-state index contributed by atoms with van der Waals surface area (Å²) in [6.07, 6.45) is 8.87. The molecule has 1 N–H and O–H groups in total. The van der Waals surface area contributed by atoms with E-state index < -0.39 is 11.9 Å². The summed E-state index contributed by atoms with van der Waals surface area (Å²) < 4.78 is 0. The second-order valence-corrected chi connectivity index (χ2v) is 11.7. The van der Waals surface area contributed by atoms with Crippen molar-refractivity contribution in [3.05, 3.63) is 48.0 Å². The minimum absolute atomic E-state index is 0.0921. The van der Waals surface area contributed by atoms with Crippen LogP contribution >= 0.6 is 11.3 Å². The van der Waals surface area contributed by atoms with Crippen molar-refractivity contribution in [3.8, 4) is 22.4 Å². The van der Waals surface area contributed by atoms with Gasteiger partial charge in [0.05, 0.1) is 12.1 Å². The first-order valence-electron chi connectivity index (χ1n) is 13.8. The van der Waals surface area contributed by atoms with Crippen molar-refractivity contribution < 1.29 is 19.5 Å². The Morgan fingerprint density at radius 3 is 2.49 bits per heavy atom. The van der Waals surface area contributed by atoms with E-state index in [1.807, 2.05) is 41.8 Å². The summed E-state index contributed by atoms with van der Waals surface area (Å²) >= 11 is 1.43. The molecule has 2 aromatic heterocycles. The molecular formula is C30H32N4O4S. The molecule has 202 valence electrons. The molecule has 1 aliphatic heterocycles. The summed E-state index contributed by atoms with van der Waals surface area (Å²) in [7, 11) is 0. The Morgan fingerprint density at radius 2 is 1.87 bits per heavy atom. The van der Waals surface area contributed by atoms with E-state index in [4.69, 9.17) is 4.98 Å². The maximum atomic E-state index is 13.7. The van der Waals surface area contributed by atoms with Crippen LogP contribution in [-0.4, -0.2) is 45.4 Å². The molecule has 6 rings (SSSR count). The maximum absolute atomic E-state index is 13.7. The molecule has 2 amide bonds. The molecule has 0 unspecified atom stereocenters. The lowest BCUT2D eigenvalue weighted by molar-refractivity contribution is -0.141. The summed E-state index contributed by atoms with van der Waals surface area (Å²) in [5, 5.41) is 12.1. The molecule has 2 saturated carbocycles. The second kappa shape index (κ2) is 10.9. The number of carbonyl (C=O) groups is 3. The molecule has 3 aromatic rings. The van der Waals surface area contributed by atoms with Gasteiger partial charge < -0.3 is 5.11 Å². The number of nitrogens with zero attached hydrogens (tertiary/aromatic N) is 4. The van der Waals surface area contributed by atoms with E-state index in [0.29, 0.717) is 36.3 Å². The summed E-state index contributed by atoms with van der Waals surface area (Å²) in [6, 6.07) is 11.9. The average molecular weight is 545 g/mol. The Bertz CT molecular complexity index is 1380. The fourth-order valence-corrected chi connectivity index (χ4v) is 6.53. The lowest BCUT2D eigenvalue weighted by Crippen LogP contribution is -2.40. The van der Waals surface area contributed by atoms with Gasteiger partial charge in [-0.3, -0.25) is 24.2 Å². The van der Waals surface area contributed by atoms with Crippen LogP contribution in [0.3, 0.4) is 0 Å². The molecule has 1 aromatic carbocycles. The van der Waals surface area contributed by atoms with Crippen LogP contribution in [0.2, 0.25) is 0 Å². The summed E-state index contributed by atoms with van der Waals surface area (Å²) in [6.45, 7) is 0.702. The zero-order valence-electron chi connectivity index (χ0n) is 21.8. The van der Waals surface area contributed by atoms with Gasteiger partial charge in [-0.1, -0.05) is 43.5 Å². The van der Waals surface area contributed by atoms with Gasteiger partial charge in [0.25, 0.3) is 0 Å². The molecule has 8 nitrogen and oxygen atoms in total. The second-order valence-electron chi connectivity index (χ2n) is 10.9. The number of rotatable bonds is 10. The predicted octanol–water partition coefficient (Wildman–Crippen LogP) is 5.78. The van der Waals surface area contributed by atoms with Gasteiger partial charge in [0.1, 0.15) is 5.82 Å². The van der Waals surface area contributed by atoms with Crippen molar-refractivity contribution in [2.24, 2.45) is 11.8 Å².